The smallest absolute Gasteiger partial charge is 0.236 e. The molecule has 1 atom stereocenters. The zero-order valence-electron chi connectivity index (χ0n) is 15.4. The molecule has 1 heterocycles. The molecule has 1 amide bonds. The molecule has 1 unspecified atom stereocenters. The molecule has 1 aromatic heterocycles. The third-order valence-corrected chi connectivity index (χ3v) is 6.05. The number of nitrogens with zero attached hydrogens (tertiary/aromatic N) is 3. The summed E-state index contributed by atoms with van der Waals surface area (Å²) in [5, 5.41) is 1.79. The third kappa shape index (κ3) is 4.14. The van der Waals surface area contributed by atoms with Crippen LogP contribution in [0.15, 0.2) is 29.3 Å². The topological polar surface area (TPSA) is 46.1 Å². The Kier molecular flexibility index (Phi) is 5.94. The maximum absolute atomic E-state index is 13.1. The SMILES string of the molecule is CCN(C(=O)C(C)Sc1nc(C)nc2ccccc12)C1CCCCC1. The van der Waals surface area contributed by atoms with E-state index in [0.717, 1.165) is 41.1 Å². The fraction of sp³-hybridized carbons (Fsp3) is 0.550. The minimum atomic E-state index is -0.139. The van der Waals surface area contributed by atoms with Gasteiger partial charge in [-0.1, -0.05) is 49.2 Å². The highest BCUT2D eigenvalue weighted by Gasteiger charge is 2.28. The molecule has 0 N–H and O–H groups in total. The van der Waals surface area contributed by atoms with Crippen LogP contribution < -0.4 is 0 Å². The molecule has 4 nitrogen and oxygen atoms in total. The van der Waals surface area contributed by atoms with Gasteiger partial charge >= 0.3 is 0 Å². The van der Waals surface area contributed by atoms with Gasteiger partial charge in [-0.25, -0.2) is 9.97 Å². The second kappa shape index (κ2) is 8.17. The van der Waals surface area contributed by atoms with Crippen molar-refractivity contribution in [2.45, 2.75) is 69.2 Å². The lowest BCUT2D eigenvalue weighted by Gasteiger charge is -2.35. The zero-order chi connectivity index (χ0) is 17.8. The highest BCUT2D eigenvalue weighted by Crippen LogP contribution is 2.31. The fourth-order valence-corrected chi connectivity index (χ4v) is 4.74. The van der Waals surface area contributed by atoms with E-state index in [0.29, 0.717) is 6.04 Å². The first-order chi connectivity index (χ1) is 12.1. The number of aromatic nitrogens is 2. The Bertz CT molecular complexity index is 743. The van der Waals surface area contributed by atoms with Crippen LogP contribution in [0.5, 0.6) is 0 Å². The van der Waals surface area contributed by atoms with Gasteiger partial charge in [0.25, 0.3) is 0 Å². The van der Waals surface area contributed by atoms with Crippen LogP contribution in [0.2, 0.25) is 0 Å². The van der Waals surface area contributed by atoms with E-state index < -0.39 is 0 Å². The summed E-state index contributed by atoms with van der Waals surface area (Å²) < 4.78 is 0. The number of rotatable bonds is 5. The lowest BCUT2D eigenvalue weighted by molar-refractivity contribution is -0.133. The van der Waals surface area contributed by atoms with Crippen LogP contribution in [-0.2, 0) is 4.79 Å². The van der Waals surface area contributed by atoms with Gasteiger partial charge < -0.3 is 4.90 Å². The minimum Gasteiger partial charge on any atom is -0.339 e. The summed E-state index contributed by atoms with van der Waals surface area (Å²) in [5.41, 5.74) is 0.941. The Balaban J connectivity index is 1.79. The summed E-state index contributed by atoms with van der Waals surface area (Å²) >= 11 is 1.56. The number of para-hydroxylation sites is 1. The normalized spacial score (nSPS) is 16.8. The first-order valence-electron chi connectivity index (χ1n) is 9.30. The van der Waals surface area contributed by atoms with Crippen molar-refractivity contribution in [2.75, 3.05) is 6.54 Å². The number of carbonyl (C=O) groups excluding carboxylic acids is 1. The van der Waals surface area contributed by atoms with Gasteiger partial charge in [0.2, 0.25) is 5.91 Å². The van der Waals surface area contributed by atoms with Gasteiger partial charge in [-0.3, -0.25) is 4.79 Å². The van der Waals surface area contributed by atoms with Gasteiger partial charge in [-0.2, -0.15) is 0 Å². The molecule has 25 heavy (non-hydrogen) atoms. The molecule has 3 rings (SSSR count). The molecular formula is C20H27N3OS. The van der Waals surface area contributed by atoms with E-state index >= 15 is 0 Å². The highest BCUT2D eigenvalue weighted by molar-refractivity contribution is 8.00. The summed E-state index contributed by atoms with van der Waals surface area (Å²) in [6, 6.07) is 8.43. The lowest BCUT2D eigenvalue weighted by Crippen LogP contribution is -2.44. The molecule has 0 aliphatic heterocycles. The van der Waals surface area contributed by atoms with Crippen LogP contribution >= 0.6 is 11.8 Å². The summed E-state index contributed by atoms with van der Waals surface area (Å²) in [5.74, 6) is 0.986. The maximum atomic E-state index is 13.1. The summed E-state index contributed by atoms with van der Waals surface area (Å²) in [6.45, 7) is 6.79. The molecule has 134 valence electrons. The Morgan fingerprint density at radius 3 is 2.68 bits per heavy atom. The summed E-state index contributed by atoms with van der Waals surface area (Å²) in [6.07, 6.45) is 6.08. The molecule has 0 bridgehead atoms. The monoisotopic (exact) mass is 357 g/mol. The molecule has 1 aromatic carbocycles. The molecule has 1 aliphatic rings. The number of hydrogen-bond donors (Lipinski definition) is 0. The number of benzene rings is 1. The van der Waals surface area contributed by atoms with Crippen LogP contribution in [0.1, 0.15) is 51.8 Å². The first-order valence-corrected chi connectivity index (χ1v) is 10.2. The van der Waals surface area contributed by atoms with E-state index in [4.69, 9.17) is 0 Å². The van der Waals surface area contributed by atoms with Gasteiger partial charge in [-0.05, 0) is 39.7 Å². The van der Waals surface area contributed by atoms with Crippen molar-refractivity contribution in [1.82, 2.24) is 14.9 Å². The van der Waals surface area contributed by atoms with Crippen molar-refractivity contribution in [3.63, 3.8) is 0 Å². The number of amides is 1. The highest BCUT2D eigenvalue weighted by atomic mass is 32.2. The number of fused-ring (bicyclic) bond motifs is 1. The lowest BCUT2D eigenvalue weighted by atomic mass is 9.94. The molecule has 1 saturated carbocycles. The first kappa shape index (κ1) is 18.2. The Morgan fingerprint density at radius 2 is 1.96 bits per heavy atom. The Morgan fingerprint density at radius 1 is 1.24 bits per heavy atom. The van der Waals surface area contributed by atoms with Gasteiger partial charge in [0.1, 0.15) is 10.9 Å². The van der Waals surface area contributed by atoms with E-state index in [1.807, 2.05) is 38.1 Å². The van der Waals surface area contributed by atoms with Crippen molar-refractivity contribution >= 4 is 28.6 Å². The molecule has 5 heteroatoms. The molecule has 0 spiro atoms. The Hall–Kier alpha value is -1.62. The number of thioether (sulfide) groups is 1. The third-order valence-electron chi connectivity index (χ3n) is 4.96. The molecule has 1 fully saturated rings. The predicted octanol–water partition coefficient (Wildman–Crippen LogP) is 4.60. The number of hydrogen-bond acceptors (Lipinski definition) is 4. The van der Waals surface area contributed by atoms with Gasteiger partial charge in [0, 0.05) is 18.0 Å². The summed E-state index contributed by atoms with van der Waals surface area (Å²) in [7, 11) is 0. The van der Waals surface area contributed by atoms with E-state index in [1.165, 1.54) is 19.3 Å². The van der Waals surface area contributed by atoms with Crippen molar-refractivity contribution < 1.29 is 4.79 Å². The quantitative estimate of drug-likeness (QED) is 0.579. The van der Waals surface area contributed by atoms with Gasteiger partial charge in [0.05, 0.1) is 10.8 Å². The fourth-order valence-electron chi connectivity index (χ4n) is 3.69. The average molecular weight is 358 g/mol. The van der Waals surface area contributed by atoms with Crippen molar-refractivity contribution in [3.8, 4) is 0 Å². The maximum Gasteiger partial charge on any atom is 0.236 e. The second-order valence-corrected chi connectivity index (χ2v) is 8.10. The van der Waals surface area contributed by atoms with Gasteiger partial charge in [0.15, 0.2) is 0 Å². The van der Waals surface area contributed by atoms with Crippen LogP contribution in [0.25, 0.3) is 10.9 Å². The molecular weight excluding hydrogens is 330 g/mol. The summed E-state index contributed by atoms with van der Waals surface area (Å²) in [4.78, 5) is 24.2. The van der Waals surface area contributed by atoms with E-state index in [1.54, 1.807) is 11.8 Å². The van der Waals surface area contributed by atoms with Crippen LogP contribution in [0, 0.1) is 6.92 Å². The average Bonchev–Trinajstić information content (AvgIpc) is 2.63. The zero-order valence-corrected chi connectivity index (χ0v) is 16.2. The van der Waals surface area contributed by atoms with Crippen molar-refractivity contribution in [1.29, 1.82) is 0 Å². The van der Waals surface area contributed by atoms with Crippen molar-refractivity contribution in [3.05, 3.63) is 30.1 Å². The van der Waals surface area contributed by atoms with Crippen LogP contribution in [0.3, 0.4) is 0 Å². The Labute approximate surface area is 154 Å². The predicted molar refractivity (Wildman–Crippen MR) is 104 cm³/mol. The van der Waals surface area contributed by atoms with Crippen LogP contribution in [-0.4, -0.2) is 38.6 Å². The molecule has 0 radical (unpaired) electrons. The van der Waals surface area contributed by atoms with Crippen molar-refractivity contribution in [2.24, 2.45) is 0 Å². The van der Waals surface area contributed by atoms with Gasteiger partial charge in [-0.15, -0.1) is 0 Å². The molecule has 1 aliphatic carbocycles. The minimum absolute atomic E-state index is 0.139. The van der Waals surface area contributed by atoms with E-state index in [2.05, 4.69) is 21.8 Å². The largest absolute Gasteiger partial charge is 0.339 e. The van der Waals surface area contributed by atoms with Crippen LogP contribution in [0.4, 0.5) is 0 Å². The number of carbonyl (C=O) groups is 1. The van der Waals surface area contributed by atoms with E-state index in [-0.39, 0.29) is 11.2 Å². The second-order valence-electron chi connectivity index (χ2n) is 6.77. The van der Waals surface area contributed by atoms with E-state index in [9.17, 15) is 4.79 Å². The molecule has 2 aromatic rings. The standard InChI is InChI=1S/C20H27N3OS/c1-4-23(16-10-6-5-7-11-16)20(24)14(2)25-19-17-12-8-9-13-18(17)21-15(3)22-19/h8-9,12-14,16H,4-7,10-11H2,1-3H3. The number of aryl methyl sites for hydroxylation is 1. The molecule has 0 saturated heterocycles.